The number of nitrogens with one attached hydrogen (secondary N) is 1. The summed E-state index contributed by atoms with van der Waals surface area (Å²) >= 11 is 12.1. The normalized spacial score (nSPS) is 10.6. The molecule has 0 saturated heterocycles. The summed E-state index contributed by atoms with van der Waals surface area (Å²) in [6.07, 6.45) is 2.95. The molecule has 0 fully saturated rings. The van der Waals surface area contributed by atoms with Crippen LogP contribution < -0.4 is 10.1 Å². The first-order chi connectivity index (χ1) is 12.4. The number of hydrogen-bond acceptors (Lipinski definition) is 4. The van der Waals surface area contributed by atoms with E-state index in [-0.39, 0.29) is 12.5 Å². The van der Waals surface area contributed by atoms with Crippen molar-refractivity contribution in [1.82, 2.24) is 14.8 Å². The van der Waals surface area contributed by atoms with Crippen molar-refractivity contribution in [3.63, 3.8) is 0 Å². The van der Waals surface area contributed by atoms with Gasteiger partial charge in [-0.25, -0.2) is 9.67 Å². The molecule has 0 radical (unpaired) electrons. The fourth-order valence-corrected chi connectivity index (χ4v) is 3.09. The molecule has 3 rings (SSSR count). The molecule has 0 unspecified atom stereocenters. The van der Waals surface area contributed by atoms with E-state index in [0.717, 1.165) is 11.1 Å². The molecule has 0 atom stereocenters. The van der Waals surface area contributed by atoms with Gasteiger partial charge in [0.05, 0.1) is 11.4 Å². The maximum atomic E-state index is 12.4. The minimum absolute atomic E-state index is 0.146. The average Bonchev–Trinajstić information content (AvgIpc) is 3.08. The van der Waals surface area contributed by atoms with Crippen molar-refractivity contribution in [3.05, 3.63) is 64.2 Å². The van der Waals surface area contributed by atoms with Gasteiger partial charge < -0.3 is 10.1 Å². The maximum Gasteiger partial charge on any atom is 0.262 e. The molecule has 0 aliphatic heterocycles. The summed E-state index contributed by atoms with van der Waals surface area (Å²) in [5.74, 6) is 0.328. The standard InChI is InChI=1S/C18H16Cl2N4O2/c1-11-5-14(20)6-12(2)18(11)26-8-17(25)23-15-7-13(19)3-4-16(15)24-10-21-9-22-24/h3-7,9-10H,8H2,1-2H3,(H,23,25). The van der Waals surface area contributed by atoms with Gasteiger partial charge in [-0.1, -0.05) is 23.2 Å². The number of aromatic nitrogens is 3. The molecule has 2 aromatic carbocycles. The SMILES string of the molecule is Cc1cc(Cl)cc(C)c1OCC(=O)Nc1cc(Cl)ccc1-n1cncn1. The predicted octanol–water partition coefficient (Wildman–Crippen LogP) is 4.21. The Hall–Kier alpha value is -2.57. The summed E-state index contributed by atoms with van der Waals surface area (Å²) in [5.41, 5.74) is 2.91. The molecule has 0 bridgehead atoms. The fraction of sp³-hybridized carbons (Fsp3) is 0.167. The van der Waals surface area contributed by atoms with Crippen LogP contribution in [0.3, 0.4) is 0 Å². The minimum atomic E-state index is -0.317. The Morgan fingerprint density at radius 3 is 2.54 bits per heavy atom. The van der Waals surface area contributed by atoms with Gasteiger partial charge in [0, 0.05) is 10.0 Å². The summed E-state index contributed by atoms with van der Waals surface area (Å²) in [6.45, 7) is 3.62. The van der Waals surface area contributed by atoms with Crippen LogP contribution in [0.2, 0.25) is 10.0 Å². The highest BCUT2D eigenvalue weighted by molar-refractivity contribution is 6.31. The fourth-order valence-electron chi connectivity index (χ4n) is 2.59. The number of benzene rings is 2. The summed E-state index contributed by atoms with van der Waals surface area (Å²) < 4.78 is 7.22. The van der Waals surface area contributed by atoms with Gasteiger partial charge in [0.15, 0.2) is 6.61 Å². The third-order valence-electron chi connectivity index (χ3n) is 3.67. The quantitative estimate of drug-likeness (QED) is 0.708. The van der Waals surface area contributed by atoms with E-state index in [9.17, 15) is 4.79 Å². The number of rotatable bonds is 5. The van der Waals surface area contributed by atoms with E-state index in [1.54, 1.807) is 35.0 Å². The van der Waals surface area contributed by atoms with Gasteiger partial charge in [-0.3, -0.25) is 4.79 Å². The predicted molar refractivity (Wildman–Crippen MR) is 101 cm³/mol. The number of amides is 1. The lowest BCUT2D eigenvalue weighted by molar-refractivity contribution is -0.118. The number of carbonyl (C=O) groups excluding carboxylic acids is 1. The van der Waals surface area contributed by atoms with E-state index in [0.29, 0.717) is 27.2 Å². The first kappa shape index (κ1) is 18.2. The van der Waals surface area contributed by atoms with Gasteiger partial charge in [0.1, 0.15) is 18.4 Å². The number of halogens is 2. The highest BCUT2D eigenvalue weighted by Gasteiger charge is 2.12. The molecule has 0 saturated carbocycles. The summed E-state index contributed by atoms with van der Waals surface area (Å²) in [4.78, 5) is 16.3. The van der Waals surface area contributed by atoms with Crippen LogP contribution in [0.5, 0.6) is 5.75 Å². The van der Waals surface area contributed by atoms with Gasteiger partial charge >= 0.3 is 0 Å². The zero-order chi connectivity index (χ0) is 18.7. The van der Waals surface area contributed by atoms with Gasteiger partial charge in [0.25, 0.3) is 5.91 Å². The molecule has 1 amide bonds. The van der Waals surface area contributed by atoms with E-state index in [1.165, 1.54) is 12.7 Å². The van der Waals surface area contributed by atoms with E-state index in [2.05, 4.69) is 15.4 Å². The second-order valence-corrected chi connectivity index (χ2v) is 6.58. The molecule has 8 heteroatoms. The topological polar surface area (TPSA) is 69.0 Å². The minimum Gasteiger partial charge on any atom is -0.483 e. The van der Waals surface area contributed by atoms with Crippen molar-refractivity contribution < 1.29 is 9.53 Å². The molecule has 3 aromatic rings. The highest BCUT2D eigenvalue weighted by atomic mass is 35.5. The molecular weight excluding hydrogens is 375 g/mol. The van der Waals surface area contributed by atoms with Crippen LogP contribution in [0, 0.1) is 13.8 Å². The third kappa shape index (κ3) is 4.15. The molecule has 134 valence electrons. The Balaban J connectivity index is 1.74. The molecule has 1 N–H and O–H groups in total. The van der Waals surface area contributed by atoms with Crippen LogP contribution in [0.1, 0.15) is 11.1 Å². The van der Waals surface area contributed by atoms with E-state index >= 15 is 0 Å². The maximum absolute atomic E-state index is 12.4. The zero-order valence-electron chi connectivity index (χ0n) is 14.2. The molecule has 0 spiro atoms. The number of nitrogens with zero attached hydrogens (tertiary/aromatic N) is 3. The second kappa shape index (κ2) is 7.76. The second-order valence-electron chi connectivity index (χ2n) is 5.71. The zero-order valence-corrected chi connectivity index (χ0v) is 15.7. The number of carbonyl (C=O) groups is 1. The Morgan fingerprint density at radius 2 is 1.88 bits per heavy atom. The van der Waals surface area contributed by atoms with Gasteiger partial charge in [-0.05, 0) is 55.3 Å². The van der Waals surface area contributed by atoms with Crippen LogP contribution in [0.4, 0.5) is 5.69 Å². The van der Waals surface area contributed by atoms with Crippen molar-refractivity contribution >= 4 is 34.8 Å². The third-order valence-corrected chi connectivity index (χ3v) is 4.12. The van der Waals surface area contributed by atoms with Crippen LogP contribution in [0.15, 0.2) is 43.0 Å². The Labute approximate surface area is 160 Å². The summed E-state index contributed by atoms with van der Waals surface area (Å²) in [6, 6.07) is 8.70. The lowest BCUT2D eigenvalue weighted by Gasteiger charge is -2.14. The Kier molecular flexibility index (Phi) is 5.44. The van der Waals surface area contributed by atoms with Gasteiger partial charge in [-0.15, -0.1) is 0 Å². The van der Waals surface area contributed by atoms with Crippen molar-refractivity contribution in [3.8, 4) is 11.4 Å². The molecule has 1 heterocycles. The molecule has 26 heavy (non-hydrogen) atoms. The van der Waals surface area contributed by atoms with Crippen molar-refractivity contribution in [2.45, 2.75) is 13.8 Å². The molecular formula is C18H16Cl2N4O2. The summed E-state index contributed by atoms with van der Waals surface area (Å²) in [5, 5.41) is 8.00. The largest absolute Gasteiger partial charge is 0.483 e. The van der Waals surface area contributed by atoms with Gasteiger partial charge in [-0.2, -0.15) is 5.10 Å². The number of hydrogen-bond donors (Lipinski definition) is 1. The number of aryl methyl sites for hydroxylation is 2. The summed E-state index contributed by atoms with van der Waals surface area (Å²) in [7, 11) is 0. The Bertz CT molecular complexity index is 919. The molecule has 6 nitrogen and oxygen atoms in total. The number of anilines is 1. The number of ether oxygens (including phenoxy) is 1. The van der Waals surface area contributed by atoms with Crippen LogP contribution >= 0.6 is 23.2 Å². The van der Waals surface area contributed by atoms with E-state index in [1.807, 2.05) is 13.8 Å². The highest BCUT2D eigenvalue weighted by Crippen LogP contribution is 2.27. The Morgan fingerprint density at radius 1 is 1.15 bits per heavy atom. The van der Waals surface area contributed by atoms with Crippen molar-refractivity contribution in [2.75, 3.05) is 11.9 Å². The van der Waals surface area contributed by atoms with Crippen molar-refractivity contribution in [2.24, 2.45) is 0 Å². The van der Waals surface area contributed by atoms with E-state index < -0.39 is 0 Å². The molecule has 0 aliphatic carbocycles. The van der Waals surface area contributed by atoms with Gasteiger partial charge in [0.2, 0.25) is 0 Å². The first-order valence-corrected chi connectivity index (χ1v) is 8.53. The van der Waals surface area contributed by atoms with Crippen molar-refractivity contribution in [1.29, 1.82) is 0 Å². The van der Waals surface area contributed by atoms with Crippen LogP contribution in [-0.2, 0) is 4.79 Å². The molecule has 0 aliphatic rings. The lowest BCUT2D eigenvalue weighted by Crippen LogP contribution is -2.21. The lowest BCUT2D eigenvalue weighted by atomic mass is 10.1. The van der Waals surface area contributed by atoms with Crippen LogP contribution in [-0.4, -0.2) is 27.3 Å². The molecule has 1 aromatic heterocycles. The smallest absolute Gasteiger partial charge is 0.262 e. The monoisotopic (exact) mass is 390 g/mol. The average molecular weight is 391 g/mol. The van der Waals surface area contributed by atoms with Crippen LogP contribution in [0.25, 0.3) is 5.69 Å². The van der Waals surface area contributed by atoms with E-state index in [4.69, 9.17) is 27.9 Å². The first-order valence-electron chi connectivity index (χ1n) is 7.78.